The Labute approximate surface area is 183 Å². The third kappa shape index (κ3) is 4.77. The average Bonchev–Trinajstić information content (AvgIpc) is 3.44. The number of H-pyrrole nitrogens is 1. The minimum atomic E-state index is -0.848. The fourth-order valence-electron chi connectivity index (χ4n) is 3.36. The number of esters is 1. The molecule has 0 aliphatic carbocycles. The summed E-state index contributed by atoms with van der Waals surface area (Å²) in [4.78, 5) is 31.8. The standard InChI is InChI=1S/C23H22N4O5/c1-14(28)25-20(11-16-12-24-19-6-4-3-5-18(16)19)23(29)31-13-21-26-22(32-27-21)15-7-9-17(30-2)10-8-15/h3-10,12,20,24H,11,13H2,1-2H3,(H,25,28)/t20-/m0/s1. The van der Waals surface area contributed by atoms with Gasteiger partial charge in [0.2, 0.25) is 11.7 Å². The summed E-state index contributed by atoms with van der Waals surface area (Å²) in [5.41, 5.74) is 2.57. The Morgan fingerprint density at radius 2 is 1.94 bits per heavy atom. The van der Waals surface area contributed by atoms with Gasteiger partial charge in [-0.3, -0.25) is 4.79 Å². The summed E-state index contributed by atoms with van der Waals surface area (Å²) >= 11 is 0. The number of methoxy groups -OCH3 is 1. The van der Waals surface area contributed by atoms with Crippen LogP contribution < -0.4 is 10.1 Å². The maximum absolute atomic E-state index is 12.7. The first-order valence-electron chi connectivity index (χ1n) is 9.99. The Bertz CT molecular complexity index is 1230. The summed E-state index contributed by atoms with van der Waals surface area (Å²) in [7, 11) is 1.58. The molecule has 4 rings (SSSR count). The summed E-state index contributed by atoms with van der Waals surface area (Å²) in [6.45, 7) is 1.18. The summed E-state index contributed by atoms with van der Waals surface area (Å²) in [5, 5.41) is 7.50. The van der Waals surface area contributed by atoms with Gasteiger partial charge in [-0.1, -0.05) is 23.4 Å². The molecule has 0 aliphatic heterocycles. The molecule has 1 amide bonds. The van der Waals surface area contributed by atoms with E-state index in [0.717, 1.165) is 16.5 Å². The van der Waals surface area contributed by atoms with Crippen molar-refractivity contribution < 1.29 is 23.6 Å². The Kier molecular flexibility index (Phi) is 6.16. The van der Waals surface area contributed by atoms with Crippen LogP contribution in [0.3, 0.4) is 0 Å². The van der Waals surface area contributed by atoms with Gasteiger partial charge < -0.3 is 24.3 Å². The van der Waals surface area contributed by atoms with Crippen molar-refractivity contribution in [3.05, 3.63) is 66.1 Å². The van der Waals surface area contributed by atoms with Crippen molar-refractivity contribution >= 4 is 22.8 Å². The first kappa shape index (κ1) is 21.1. The lowest BCUT2D eigenvalue weighted by atomic mass is 10.0. The number of aromatic amines is 1. The van der Waals surface area contributed by atoms with E-state index in [-0.39, 0.29) is 24.8 Å². The first-order valence-corrected chi connectivity index (χ1v) is 9.99. The van der Waals surface area contributed by atoms with Gasteiger partial charge in [0.1, 0.15) is 11.8 Å². The van der Waals surface area contributed by atoms with Gasteiger partial charge in [0, 0.05) is 36.0 Å². The zero-order chi connectivity index (χ0) is 22.5. The van der Waals surface area contributed by atoms with E-state index in [1.165, 1.54) is 6.92 Å². The van der Waals surface area contributed by atoms with Gasteiger partial charge in [-0.05, 0) is 35.9 Å². The van der Waals surface area contributed by atoms with Gasteiger partial charge in [-0.25, -0.2) is 4.79 Å². The number of carbonyl (C=O) groups is 2. The summed E-state index contributed by atoms with van der Waals surface area (Å²) in [6.07, 6.45) is 2.11. The lowest BCUT2D eigenvalue weighted by molar-refractivity contribution is -0.149. The molecule has 2 heterocycles. The second-order valence-electron chi connectivity index (χ2n) is 7.17. The van der Waals surface area contributed by atoms with Crippen LogP contribution in [0.2, 0.25) is 0 Å². The van der Waals surface area contributed by atoms with Crippen molar-refractivity contribution in [2.45, 2.75) is 26.0 Å². The van der Waals surface area contributed by atoms with Crippen molar-refractivity contribution in [3.63, 3.8) is 0 Å². The Morgan fingerprint density at radius 1 is 1.16 bits per heavy atom. The van der Waals surface area contributed by atoms with Crippen LogP contribution in [0, 0.1) is 0 Å². The SMILES string of the molecule is COc1ccc(-c2nc(COC(=O)[C@H](Cc3c[nH]c4ccccc34)NC(C)=O)no2)cc1. The third-order valence-corrected chi connectivity index (χ3v) is 4.91. The molecular formula is C23H22N4O5. The van der Waals surface area contributed by atoms with Crippen molar-refractivity contribution in [3.8, 4) is 17.2 Å². The molecule has 164 valence electrons. The quantitative estimate of drug-likeness (QED) is 0.409. The lowest BCUT2D eigenvalue weighted by Crippen LogP contribution is -2.42. The molecule has 2 aromatic heterocycles. The number of hydrogen-bond acceptors (Lipinski definition) is 7. The van der Waals surface area contributed by atoms with Crippen LogP contribution in [-0.4, -0.2) is 40.2 Å². The van der Waals surface area contributed by atoms with Gasteiger partial charge >= 0.3 is 5.97 Å². The van der Waals surface area contributed by atoms with Crippen LogP contribution in [0.1, 0.15) is 18.3 Å². The maximum atomic E-state index is 12.7. The first-order chi connectivity index (χ1) is 15.5. The Morgan fingerprint density at radius 3 is 2.69 bits per heavy atom. The largest absolute Gasteiger partial charge is 0.497 e. The average molecular weight is 434 g/mol. The molecule has 4 aromatic rings. The highest BCUT2D eigenvalue weighted by molar-refractivity contribution is 5.86. The molecule has 0 radical (unpaired) electrons. The third-order valence-electron chi connectivity index (χ3n) is 4.91. The lowest BCUT2D eigenvalue weighted by Gasteiger charge is -2.16. The fourth-order valence-corrected chi connectivity index (χ4v) is 3.36. The summed E-state index contributed by atoms with van der Waals surface area (Å²) in [5.74, 6) is 0.324. The molecule has 2 aromatic carbocycles. The van der Waals surface area contributed by atoms with E-state index in [1.807, 2.05) is 30.5 Å². The van der Waals surface area contributed by atoms with Crippen molar-refractivity contribution in [2.75, 3.05) is 7.11 Å². The summed E-state index contributed by atoms with van der Waals surface area (Å²) < 4.78 is 15.7. The zero-order valence-electron chi connectivity index (χ0n) is 17.6. The van der Waals surface area contributed by atoms with Gasteiger partial charge in [-0.15, -0.1) is 0 Å². The van der Waals surface area contributed by atoms with Crippen LogP contribution in [0.4, 0.5) is 0 Å². The smallest absolute Gasteiger partial charge is 0.329 e. The number of para-hydroxylation sites is 1. The minimum absolute atomic E-state index is 0.178. The molecular weight excluding hydrogens is 412 g/mol. The molecule has 9 nitrogen and oxygen atoms in total. The number of nitrogens with one attached hydrogen (secondary N) is 2. The minimum Gasteiger partial charge on any atom is -0.497 e. The second-order valence-corrected chi connectivity index (χ2v) is 7.17. The number of benzene rings is 2. The number of ether oxygens (including phenoxy) is 2. The molecule has 32 heavy (non-hydrogen) atoms. The number of nitrogens with zero attached hydrogens (tertiary/aromatic N) is 2. The fraction of sp³-hybridized carbons (Fsp3) is 0.217. The van der Waals surface area contributed by atoms with E-state index in [0.29, 0.717) is 17.2 Å². The molecule has 0 unspecified atom stereocenters. The maximum Gasteiger partial charge on any atom is 0.329 e. The molecule has 0 spiro atoms. The molecule has 0 saturated carbocycles. The number of hydrogen-bond donors (Lipinski definition) is 2. The molecule has 0 fully saturated rings. The number of rotatable bonds is 8. The number of carbonyl (C=O) groups excluding carboxylic acids is 2. The molecule has 2 N–H and O–H groups in total. The van der Waals surface area contributed by atoms with E-state index < -0.39 is 12.0 Å². The molecule has 0 saturated heterocycles. The van der Waals surface area contributed by atoms with Crippen molar-refractivity contribution in [1.29, 1.82) is 0 Å². The zero-order valence-corrected chi connectivity index (χ0v) is 17.6. The number of fused-ring (bicyclic) bond motifs is 1. The van der Waals surface area contributed by atoms with Crippen LogP contribution in [0.25, 0.3) is 22.4 Å². The Balaban J connectivity index is 1.42. The highest BCUT2D eigenvalue weighted by Crippen LogP contribution is 2.21. The number of amides is 1. The normalized spacial score (nSPS) is 11.8. The van der Waals surface area contributed by atoms with Gasteiger partial charge in [0.25, 0.3) is 5.89 Å². The Hall–Kier alpha value is -4.14. The highest BCUT2D eigenvalue weighted by Gasteiger charge is 2.24. The van der Waals surface area contributed by atoms with Gasteiger partial charge in [-0.2, -0.15) is 4.98 Å². The molecule has 0 aliphatic rings. The van der Waals surface area contributed by atoms with E-state index in [9.17, 15) is 9.59 Å². The second kappa shape index (κ2) is 9.34. The van der Waals surface area contributed by atoms with Gasteiger partial charge in [0.15, 0.2) is 6.61 Å². The highest BCUT2D eigenvalue weighted by atomic mass is 16.5. The van der Waals surface area contributed by atoms with E-state index >= 15 is 0 Å². The van der Waals surface area contributed by atoms with E-state index in [1.54, 1.807) is 31.4 Å². The predicted octanol–water partition coefficient (Wildman–Crippen LogP) is 3.02. The molecule has 0 bridgehead atoms. The molecule has 1 atom stereocenters. The van der Waals surface area contributed by atoms with Crippen LogP contribution in [0.5, 0.6) is 5.75 Å². The van der Waals surface area contributed by atoms with Crippen molar-refractivity contribution in [2.24, 2.45) is 0 Å². The van der Waals surface area contributed by atoms with Crippen LogP contribution >= 0.6 is 0 Å². The number of aromatic nitrogens is 3. The van der Waals surface area contributed by atoms with Crippen LogP contribution in [-0.2, 0) is 27.4 Å². The van der Waals surface area contributed by atoms with E-state index in [2.05, 4.69) is 20.4 Å². The predicted molar refractivity (Wildman–Crippen MR) is 116 cm³/mol. The monoisotopic (exact) mass is 434 g/mol. The van der Waals surface area contributed by atoms with Crippen LogP contribution in [0.15, 0.2) is 59.3 Å². The topological polar surface area (TPSA) is 119 Å². The van der Waals surface area contributed by atoms with Crippen molar-refractivity contribution in [1.82, 2.24) is 20.4 Å². The van der Waals surface area contributed by atoms with E-state index in [4.69, 9.17) is 14.0 Å². The van der Waals surface area contributed by atoms with Gasteiger partial charge in [0.05, 0.1) is 7.11 Å². The molecule has 9 heteroatoms. The summed E-state index contributed by atoms with van der Waals surface area (Å²) in [6, 6.07) is 14.0.